The SMILES string of the molecule is CCCSCC(=O)N1CCN(CCC(=O)O)[C@@H]2CS(=O)(=O)C[C@@H]21. The first-order valence-electron chi connectivity index (χ1n) is 7.87. The summed E-state index contributed by atoms with van der Waals surface area (Å²) in [5.41, 5.74) is 0. The Bertz CT molecular complexity index is 551. The van der Waals surface area contributed by atoms with Gasteiger partial charge in [-0.2, -0.15) is 11.8 Å². The summed E-state index contributed by atoms with van der Waals surface area (Å²) in [5.74, 6) is 0.405. The number of carboxylic acids is 1. The standard InChI is InChI=1S/C14H24N2O5S2/c1-2-7-22-8-13(17)16-6-5-15(4-3-14(18)19)11-9-23(20,21)10-12(11)16/h11-12H,2-10H2,1H3,(H,18,19)/t11-,12+/m1/s1. The second-order valence-corrected chi connectivity index (χ2v) is 9.29. The number of piperazine rings is 1. The number of carbonyl (C=O) groups is 2. The molecule has 9 heteroatoms. The van der Waals surface area contributed by atoms with E-state index in [0.717, 1.165) is 12.2 Å². The van der Waals surface area contributed by atoms with Gasteiger partial charge in [0, 0.05) is 25.7 Å². The zero-order valence-electron chi connectivity index (χ0n) is 13.3. The summed E-state index contributed by atoms with van der Waals surface area (Å²) in [6.45, 7) is 3.40. The largest absolute Gasteiger partial charge is 0.481 e. The van der Waals surface area contributed by atoms with Crippen LogP contribution in [-0.4, -0.2) is 89.9 Å². The van der Waals surface area contributed by atoms with E-state index < -0.39 is 15.8 Å². The highest BCUT2D eigenvalue weighted by Gasteiger charge is 2.47. The number of rotatable bonds is 7. The van der Waals surface area contributed by atoms with E-state index in [1.165, 1.54) is 0 Å². The summed E-state index contributed by atoms with van der Waals surface area (Å²) in [6, 6.07) is -0.606. The molecule has 132 valence electrons. The quantitative estimate of drug-likeness (QED) is 0.631. The van der Waals surface area contributed by atoms with Gasteiger partial charge in [0.05, 0.1) is 29.7 Å². The normalized spacial score (nSPS) is 26.9. The van der Waals surface area contributed by atoms with Crippen LogP contribution in [0.2, 0.25) is 0 Å². The number of carbonyl (C=O) groups excluding carboxylic acids is 1. The molecule has 1 N–H and O–H groups in total. The molecule has 0 bridgehead atoms. The third kappa shape index (κ3) is 4.84. The lowest BCUT2D eigenvalue weighted by atomic mass is 10.0. The van der Waals surface area contributed by atoms with Crippen molar-refractivity contribution in [2.75, 3.05) is 42.6 Å². The number of sulfone groups is 1. The predicted octanol–water partition coefficient (Wildman–Crippen LogP) is -0.0859. The molecule has 1 amide bonds. The van der Waals surface area contributed by atoms with E-state index in [0.29, 0.717) is 25.4 Å². The van der Waals surface area contributed by atoms with E-state index in [1.807, 2.05) is 4.90 Å². The maximum atomic E-state index is 12.4. The van der Waals surface area contributed by atoms with Gasteiger partial charge in [0.2, 0.25) is 5.91 Å². The molecule has 7 nitrogen and oxygen atoms in total. The number of aliphatic carboxylic acids is 1. The van der Waals surface area contributed by atoms with Crippen LogP contribution in [-0.2, 0) is 19.4 Å². The third-order valence-electron chi connectivity index (χ3n) is 4.30. The second-order valence-electron chi connectivity index (χ2n) is 6.03. The van der Waals surface area contributed by atoms with E-state index in [9.17, 15) is 18.0 Å². The number of nitrogens with zero attached hydrogens (tertiary/aromatic N) is 2. The fourth-order valence-corrected chi connectivity index (χ4v) is 6.02. The maximum Gasteiger partial charge on any atom is 0.304 e. The average Bonchev–Trinajstić information content (AvgIpc) is 2.79. The van der Waals surface area contributed by atoms with Crippen LogP contribution in [0.15, 0.2) is 0 Å². The predicted molar refractivity (Wildman–Crippen MR) is 89.4 cm³/mol. The van der Waals surface area contributed by atoms with Crippen molar-refractivity contribution in [3.63, 3.8) is 0 Å². The Balaban J connectivity index is 2.05. The van der Waals surface area contributed by atoms with E-state index >= 15 is 0 Å². The minimum absolute atomic E-state index is 0.00608. The Morgan fingerprint density at radius 3 is 2.57 bits per heavy atom. The Labute approximate surface area is 141 Å². The molecular weight excluding hydrogens is 340 g/mol. The van der Waals surface area contributed by atoms with Crippen LogP contribution < -0.4 is 0 Å². The maximum absolute atomic E-state index is 12.4. The molecule has 0 saturated carbocycles. The molecule has 2 atom stereocenters. The van der Waals surface area contributed by atoms with Crippen LogP contribution >= 0.6 is 11.8 Å². The minimum atomic E-state index is -3.18. The molecule has 0 aromatic carbocycles. The molecule has 0 spiro atoms. The van der Waals surface area contributed by atoms with Gasteiger partial charge in [0.1, 0.15) is 0 Å². The van der Waals surface area contributed by atoms with E-state index in [-0.39, 0.29) is 35.9 Å². The molecular formula is C14H24N2O5S2. The first kappa shape index (κ1) is 18.5. The molecule has 0 aliphatic carbocycles. The minimum Gasteiger partial charge on any atom is -0.481 e. The fourth-order valence-electron chi connectivity index (χ4n) is 3.24. The van der Waals surface area contributed by atoms with Crippen LogP contribution in [0.4, 0.5) is 0 Å². The summed E-state index contributed by atoms with van der Waals surface area (Å²) < 4.78 is 24.0. The Kier molecular flexibility index (Phi) is 6.33. The van der Waals surface area contributed by atoms with Crippen LogP contribution in [0, 0.1) is 0 Å². The van der Waals surface area contributed by atoms with Gasteiger partial charge < -0.3 is 10.0 Å². The third-order valence-corrected chi connectivity index (χ3v) is 7.15. The second kappa shape index (κ2) is 7.85. The summed E-state index contributed by atoms with van der Waals surface area (Å²) >= 11 is 1.57. The number of amides is 1. The molecule has 2 aliphatic rings. The van der Waals surface area contributed by atoms with Gasteiger partial charge in [-0.3, -0.25) is 14.5 Å². The number of fused-ring (bicyclic) bond motifs is 1. The lowest BCUT2D eigenvalue weighted by Crippen LogP contribution is -2.61. The van der Waals surface area contributed by atoms with Gasteiger partial charge >= 0.3 is 5.97 Å². The Morgan fingerprint density at radius 2 is 1.91 bits per heavy atom. The Morgan fingerprint density at radius 1 is 1.22 bits per heavy atom. The fraction of sp³-hybridized carbons (Fsp3) is 0.857. The van der Waals surface area contributed by atoms with Crippen LogP contribution in [0.1, 0.15) is 19.8 Å². The summed E-state index contributed by atoms with van der Waals surface area (Å²) in [6.07, 6.45) is 0.991. The summed E-state index contributed by atoms with van der Waals surface area (Å²) in [4.78, 5) is 26.8. The highest BCUT2D eigenvalue weighted by molar-refractivity contribution is 7.99. The van der Waals surface area contributed by atoms with Gasteiger partial charge in [-0.05, 0) is 12.2 Å². The Hall–Kier alpha value is -0.800. The van der Waals surface area contributed by atoms with Gasteiger partial charge in [-0.15, -0.1) is 0 Å². The molecule has 2 aliphatic heterocycles. The first-order chi connectivity index (χ1) is 10.8. The number of thioether (sulfide) groups is 1. The summed E-state index contributed by atoms with van der Waals surface area (Å²) in [5, 5.41) is 8.84. The van der Waals surface area contributed by atoms with Crippen molar-refractivity contribution in [3.05, 3.63) is 0 Å². The first-order valence-corrected chi connectivity index (χ1v) is 10.8. The van der Waals surface area contributed by atoms with E-state index in [1.54, 1.807) is 16.7 Å². The molecule has 2 rings (SSSR count). The molecule has 23 heavy (non-hydrogen) atoms. The van der Waals surface area contributed by atoms with Gasteiger partial charge in [-0.1, -0.05) is 6.92 Å². The van der Waals surface area contributed by atoms with Gasteiger partial charge in [-0.25, -0.2) is 8.42 Å². The zero-order chi connectivity index (χ0) is 17.0. The monoisotopic (exact) mass is 364 g/mol. The molecule has 2 saturated heterocycles. The molecule has 0 unspecified atom stereocenters. The molecule has 0 radical (unpaired) electrons. The van der Waals surface area contributed by atoms with E-state index in [2.05, 4.69) is 6.92 Å². The average molecular weight is 364 g/mol. The zero-order valence-corrected chi connectivity index (χ0v) is 14.9. The summed E-state index contributed by atoms with van der Waals surface area (Å²) in [7, 11) is -3.18. The smallest absolute Gasteiger partial charge is 0.304 e. The van der Waals surface area contributed by atoms with E-state index in [4.69, 9.17) is 5.11 Å². The van der Waals surface area contributed by atoms with Crippen molar-refractivity contribution in [2.24, 2.45) is 0 Å². The molecule has 2 fully saturated rings. The lowest BCUT2D eigenvalue weighted by Gasteiger charge is -2.43. The van der Waals surface area contributed by atoms with Crippen molar-refractivity contribution >= 4 is 33.5 Å². The van der Waals surface area contributed by atoms with Crippen LogP contribution in [0.5, 0.6) is 0 Å². The van der Waals surface area contributed by atoms with Crippen molar-refractivity contribution < 1.29 is 23.1 Å². The van der Waals surface area contributed by atoms with Gasteiger partial charge in [0.15, 0.2) is 9.84 Å². The van der Waals surface area contributed by atoms with Crippen molar-refractivity contribution in [3.8, 4) is 0 Å². The highest BCUT2D eigenvalue weighted by Crippen LogP contribution is 2.27. The van der Waals surface area contributed by atoms with Crippen molar-refractivity contribution in [2.45, 2.75) is 31.8 Å². The molecule has 0 aromatic rings. The lowest BCUT2D eigenvalue weighted by molar-refractivity contribution is -0.139. The van der Waals surface area contributed by atoms with Crippen molar-refractivity contribution in [1.82, 2.24) is 9.80 Å². The number of carboxylic acid groups (broad SMARTS) is 1. The molecule has 2 heterocycles. The highest BCUT2D eigenvalue weighted by atomic mass is 32.2. The van der Waals surface area contributed by atoms with Gasteiger partial charge in [0.25, 0.3) is 0 Å². The number of hydrogen-bond acceptors (Lipinski definition) is 6. The van der Waals surface area contributed by atoms with Crippen LogP contribution in [0.3, 0.4) is 0 Å². The van der Waals surface area contributed by atoms with Crippen molar-refractivity contribution in [1.29, 1.82) is 0 Å². The topological polar surface area (TPSA) is 95.0 Å². The number of hydrogen-bond donors (Lipinski definition) is 1. The molecule has 0 aromatic heterocycles. The van der Waals surface area contributed by atoms with Crippen LogP contribution in [0.25, 0.3) is 0 Å².